The molecule has 0 radical (unpaired) electrons. The van der Waals surface area contributed by atoms with Crippen LogP contribution < -0.4 is 10.6 Å². The zero-order valence-corrected chi connectivity index (χ0v) is 15.9. The van der Waals surface area contributed by atoms with E-state index in [1.54, 1.807) is 36.4 Å². The molecule has 0 unspecified atom stereocenters. The Morgan fingerprint density at radius 2 is 1.80 bits per heavy atom. The van der Waals surface area contributed by atoms with E-state index < -0.39 is 5.91 Å². The minimum absolute atomic E-state index is 0.170. The topological polar surface area (TPSA) is 74.6 Å². The molecule has 0 aliphatic carbocycles. The van der Waals surface area contributed by atoms with Crippen molar-refractivity contribution in [3.63, 3.8) is 0 Å². The van der Waals surface area contributed by atoms with Gasteiger partial charge in [-0.05, 0) is 53.3 Å². The molecule has 6 nitrogen and oxygen atoms in total. The van der Waals surface area contributed by atoms with E-state index in [0.29, 0.717) is 22.5 Å². The summed E-state index contributed by atoms with van der Waals surface area (Å²) in [6.45, 7) is 7.39. The third-order valence-electron chi connectivity index (χ3n) is 3.82. The average molecular weight is 408 g/mol. The van der Waals surface area contributed by atoms with Gasteiger partial charge in [-0.1, -0.05) is 26.0 Å². The number of hydrogen-bond donors (Lipinski definition) is 2. The third-order valence-corrected chi connectivity index (χ3v) is 4.25. The van der Waals surface area contributed by atoms with Gasteiger partial charge in [-0.3, -0.25) is 9.59 Å². The van der Waals surface area contributed by atoms with Crippen LogP contribution in [0.2, 0.25) is 0 Å². The summed E-state index contributed by atoms with van der Waals surface area (Å²) in [5, 5.41) is 5.61. The van der Waals surface area contributed by atoms with Gasteiger partial charge < -0.3 is 20.0 Å². The van der Waals surface area contributed by atoms with Gasteiger partial charge in [0.1, 0.15) is 0 Å². The van der Waals surface area contributed by atoms with Crippen molar-refractivity contribution < 1.29 is 14.0 Å². The molecule has 2 aromatic rings. The molecule has 2 N–H and O–H groups in total. The standard InChI is InChI=1S/C18H22BrN3O3/c1-3-22(4-2)12-11-20-17(23)13-7-5-6-8-14(13)21-18(24)15-9-10-16(19)25-15/h5-10H,3-4,11-12H2,1-2H3,(H,20,23)(H,21,24). The average Bonchev–Trinajstić information content (AvgIpc) is 3.05. The first kappa shape index (κ1) is 19.2. The smallest absolute Gasteiger partial charge is 0.291 e. The second-order valence-electron chi connectivity index (χ2n) is 5.39. The van der Waals surface area contributed by atoms with E-state index in [4.69, 9.17) is 4.42 Å². The van der Waals surface area contributed by atoms with Crippen LogP contribution in [-0.4, -0.2) is 42.9 Å². The number of furan rings is 1. The first-order chi connectivity index (χ1) is 12.0. The van der Waals surface area contributed by atoms with E-state index in [1.165, 1.54) is 0 Å². The summed E-state index contributed by atoms with van der Waals surface area (Å²) >= 11 is 3.16. The highest BCUT2D eigenvalue weighted by atomic mass is 79.9. The first-order valence-corrected chi connectivity index (χ1v) is 9.00. The molecule has 2 rings (SSSR count). The van der Waals surface area contributed by atoms with Gasteiger partial charge >= 0.3 is 0 Å². The lowest BCUT2D eigenvalue weighted by atomic mass is 10.1. The fraction of sp³-hybridized carbons (Fsp3) is 0.333. The van der Waals surface area contributed by atoms with Crippen LogP contribution in [-0.2, 0) is 0 Å². The molecular formula is C18H22BrN3O3. The Morgan fingerprint density at radius 1 is 1.08 bits per heavy atom. The number of hydrogen-bond acceptors (Lipinski definition) is 4. The summed E-state index contributed by atoms with van der Waals surface area (Å²) in [5.74, 6) is -0.457. The molecular weight excluding hydrogens is 386 g/mol. The number of carbonyl (C=O) groups is 2. The number of benzene rings is 1. The summed E-state index contributed by atoms with van der Waals surface area (Å²) in [7, 11) is 0. The molecule has 0 fully saturated rings. The van der Waals surface area contributed by atoms with E-state index in [-0.39, 0.29) is 11.7 Å². The van der Waals surface area contributed by atoms with Crippen LogP contribution >= 0.6 is 15.9 Å². The quantitative estimate of drug-likeness (QED) is 0.703. The van der Waals surface area contributed by atoms with Crippen LogP contribution in [0.4, 0.5) is 5.69 Å². The lowest BCUT2D eigenvalue weighted by molar-refractivity contribution is 0.0950. The predicted molar refractivity (Wildman–Crippen MR) is 101 cm³/mol. The number of halogens is 1. The molecule has 1 heterocycles. The van der Waals surface area contributed by atoms with E-state index in [2.05, 4.69) is 45.3 Å². The maximum Gasteiger partial charge on any atom is 0.291 e. The maximum absolute atomic E-state index is 12.4. The van der Waals surface area contributed by atoms with Crippen LogP contribution in [0, 0.1) is 0 Å². The highest BCUT2D eigenvalue weighted by Crippen LogP contribution is 2.18. The summed E-state index contributed by atoms with van der Waals surface area (Å²) in [6.07, 6.45) is 0. The molecule has 0 saturated carbocycles. The molecule has 0 spiro atoms. The summed E-state index contributed by atoms with van der Waals surface area (Å²) in [4.78, 5) is 26.9. The molecule has 0 atom stereocenters. The van der Waals surface area contributed by atoms with Gasteiger partial charge in [-0.2, -0.15) is 0 Å². The Morgan fingerprint density at radius 3 is 2.44 bits per heavy atom. The lowest BCUT2D eigenvalue weighted by Crippen LogP contribution is -2.35. The fourth-order valence-electron chi connectivity index (χ4n) is 2.37. The molecule has 0 aliphatic rings. The van der Waals surface area contributed by atoms with Crippen LogP contribution in [0.3, 0.4) is 0 Å². The van der Waals surface area contributed by atoms with Crippen LogP contribution in [0.25, 0.3) is 0 Å². The third kappa shape index (κ3) is 5.44. The molecule has 25 heavy (non-hydrogen) atoms. The molecule has 1 aromatic heterocycles. The number of nitrogens with one attached hydrogen (secondary N) is 2. The molecule has 0 aliphatic heterocycles. The Kier molecular flexibility index (Phi) is 7.21. The van der Waals surface area contributed by atoms with Gasteiger partial charge in [0.25, 0.3) is 11.8 Å². The lowest BCUT2D eigenvalue weighted by Gasteiger charge is -2.18. The van der Waals surface area contributed by atoms with Gasteiger partial charge in [0, 0.05) is 13.1 Å². The minimum Gasteiger partial charge on any atom is -0.444 e. The van der Waals surface area contributed by atoms with Gasteiger partial charge in [-0.25, -0.2) is 0 Å². The van der Waals surface area contributed by atoms with Crippen LogP contribution in [0.15, 0.2) is 45.5 Å². The normalized spacial score (nSPS) is 10.7. The first-order valence-electron chi connectivity index (χ1n) is 8.21. The monoisotopic (exact) mass is 407 g/mol. The molecule has 134 valence electrons. The molecule has 7 heteroatoms. The van der Waals surface area contributed by atoms with Crippen LogP contribution in [0.5, 0.6) is 0 Å². The fourth-order valence-corrected chi connectivity index (χ4v) is 2.68. The van der Waals surface area contributed by atoms with E-state index in [9.17, 15) is 9.59 Å². The number of rotatable bonds is 8. The van der Waals surface area contributed by atoms with Crippen molar-refractivity contribution in [3.05, 3.63) is 52.4 Å². The highest BCUT2D eigenvalue weighted by molar-refractivity contribution is 9.10. The van der Waals surface area contributed by atoms with E-state index >= 15 is 0 Å². The summed E-state index contributed by atoms with van der Waals surface area (Å²) in [6, 6.07) is 10.1. The molecule has 0 bridgehead atoms. The summed E-state index contributed by atoms with van der Waals surface area (Å²) in [5.41, 5.74) is 0.862. The maximum atomic E-state index is 12.4. The predicted octanol–water partition coefficient (Wildman–Crippen LogP) is 3.37. The van der Waals surface area contributed by atoms with Gasteiger partial charge in [0.15, 0.2) is 10.4 Å². The second-order valence-corrected chi connectivity index (χ2v) is 6.17. The van der Waals surface area contributed by atoms with Gasteiger partial charge in [-0.15, -0.1) is 0 Å². The Hall–Kier alpha value is -2.12. The number of amides is 2. The number of para-hydroxylation sites is 1. The van der Waals surface area contributed by atoms with Crippen molar-refractivity contribution in [2.75, 3.05) is 31.5 Å². The number of anilines is 1. The zero-order chi connectivity index (χ0) is 18.2. The Labute approximate surface area is 155 Å². The largest absolute Gasteiger partial charge is 0.444 e. The van der Waals surface area contributed by atoms with E-state index in [1.807, 2.05) is 0 Å². The Balaban J connectivity index is 2.01. The van der Waals surface area contributed by atoms with Gasteiger partial charge in [0.05, 0.1) is 11.3 Å². The van der Waals surface area contributed by atoms with Crippen molar-refractivity contribution in [2.45, 2.75) is 13.8 Å². The molecule has 0 saturated heterocycles. The van der Waals surface area contributed by atoms with Gasteiger partial charge in [0.2, 0.25) is 0 Å². The van der Waals surface area contributed by atoms with Crippen molar-refractivity contribution >= 4 is 33.4 Å². The zero-order valence-electron chi connectivity index (χ0n) is 14.3. The number of likely N-dealkylation sites (N-methyl/N-ethyl adjacent to an activating group) is 1. The van der Waals surface area contributed by atoms with Crippen molar-refractivity contribution in [1.29, 1.82) is 0 Å². The van der Waals surface area contributed by atoms with Crippen LogP contribution in [0.1, 0.15) is 34.8 Å². The SMILES string of the molecule is CCN(CC)CCNC(=O)c1ccccc1NC(=O)c1ccc(Br)o1. The minimum atomic E-state index is -0.408. The van der Waals surface area contributed by atoms with Crippen molar-refractivity contribution in [3.8, 4) is 0 Å². The second kappa shape index (κ2) is 9.39. The van der Waals surface area contributed by atoms with E-state index in [0.717, 1.165) is 19.6 Å². The Bertz CT molecular complexity index is 726. The van der Waals surface area contributed by atoms with Crippen molar-refractivity contribution in [2.24, 2.45) is 0 Å². The number of carbonyl (C=O) groups excluding carboxylic acids is 2. The molecule has 2 amide bonds. The summed E-state index contributed by atoms with van der Waals surface area (Å²) < 4.78 is 5.70. The van der Waals surface area contributed by atoms with Crippen molar-refractivity contribution in [1.82, 2.24) is 10.2 Å². The number of nitrogens with zero attached hydrogens (tertiary/aromatic N) is 1. The highest BCUT2D eigenvalue weighted by Gasteiger charge is 2.16. The molecule has 1 aromatic carbocycles.